The molecule has 1 amide bonds. The number of rotatable bonds is 10. The summed E-state index contributed by atoms with van der Waals surface area (Å²) in [7, 11) is 1.67. The Labute approximate surface area is 178 Å². The van der Waals surface area contributed by atoms with E-state index in [0.29, 0.717) is 5.75 Å². The van der Waals surface area contributed by atoms with E-state index in [2.05, 4.69) is 22.8 Å². The summed E-state index contributed by atoms with van der Waals surface area (Å²) < 4.78 is 10.8. The van der Waals surface area contributed by atoms with Crippen LogP contribution in [0.15, 0.2) is 72.8 Å². The fourth-order valence-electron chi connectivity index (χ4n) is 2.99. The molecule has 5 heteroatoms. The standard InChI is InChI=1S/C25H28N2O3/c1-19-6-10-22(11-7-19)27-25(28)18-30-24-5-3-4-21(16-24)17-26-15-14-20-8-12-23(29-2)13-9-20/h3-13,16,26H,14-15,17-18H2,1-2H3,(H,27,28). The molecule has 30 heavy (non-hydrogen) atoms. The van der Waals surface area contributed by atoms with Crippen molar-refractivity contribution in [2.24, 2.45) is 0 Å². The first kappa shape index (κ1) is 21.4. The van der Waals surface area contributed by atoms with Crippen LogP contribution in [0.5, 0.6) is 11.5 Å². The summed E-state index contributed by atoms with van der Waals surface area (Å²) in [6.07, 6.45) is 0.944. The van der Waals surface area contributed by atoms with E-state index in [4.69, 9.17) is 9.47 Å². The van der Waals surface area contributed by atoms with Crippen molar-refractivity contribution in [1.82, 2.24) is 5.32 Å². The third kappa shape index (κ3) is 6.94. The average molecular weight is 405 g/mol. The lowest BCUT2D eigenvalue weighted by molar-refractivity contribution is -0.118. The van der Waals surface area contributed by atoms with Crippen LogP contribution in [0.25, 0.3) is 0 Å². The fourth-order valence-corrected chi connectivity index (χ4v) is 2.99. The van der Waals surface area contributed by atoms with Crippen LogP contribution < -0.4 is 20.1 Å². The number of ether oxygens (including phenoxy) is 2. The Balaban J connectivity index is 1.40. The van der Waals surface area contributed by atoms with Gasteiger partial charge >= 0.3 is 0 Å². The van der Waals surface area contributed by atoms with Crippen LogP contribution in [0.4, 0.5) is 5.69 Å². The highest BCUT2D eigenvalue weighted by molar-refractivity contribution is 5.91. The molecule has 0 radical (unpaired) electrons. The fraction of sp³-hybridized carbons (Fsp3) is 0.240. The number of carbonyl (C=O) groups excluding carboxylic acids is 1. The minimum atomic E-state index is -0.179. The Morgan fingerprint density at radius 1 is 0.900 bits per heavy atom. The van der Waals surface area contributed by atoms with Crippen molar-refractivity contribution in [3.8, 4) is 11.5 Å². The molecule has 0 aliphatic rings. The minimum Gasteiger partial charge on any atom is -0.497 e. The molecule has 3 aromatic rings. The molecule has 0 aliphatic carbocycles. The lowest BCUT2D eigenvalue weighted by Gasteiger charge is -2.10. The highest BCUT2D eigenvalue weighted by Gasteiger charge is 2.04. The maximum atomic E-state index is 12.1. The summed E-state index contributed by atoms with van der Waals surface area (Å²) in [5, 5.41) is 6.28. The van der Waals surface area contributed by atoms with Crippen LogP contribution in [0.3, 0.4) is 0 Å². The van der Waals surface area contributed by atoms with Crippen molar-refractivity contribution in [3.63, 3.8) is 0 Å². The highest BCUT2D eigenvalue weighted by Crippen LogP contribution is 2.14. The first-order valence-corrected chi connectivity index (χ1v) is 10.0. The van der Waals surface area contributed by atoms with Gasteiger partial charge in [0.1, 0.15) is 11.5 Å². The number of carbonyl (C=O) groups is 1. The van der Waals surface area contributed by atoms with Gasteiger partial charge < -0.3 is 20.1 Å². The summed E-state index contributed by atoms with van der Waals surface area (Å²) in [5.74, 6) is 1.38. The first-order valence-electron chi connectivity index (χ1n) is 10.0. The predicted octanol–water partition coefficient (Wildman–Crippen LogP) is 4.35. The Hall–Kier alpha value is -3.31. The van der Waals surface area contributed by atoms with Gasteiger partial charge in [-0.1, -0.05) is 42.0 Å². The van der Waals surface area contributed by atoms with Crippen LogP contribution in [0.2, 0.25) is 0 Å². The first-order chi connectivity index (χ1) is 14.6. The van der Waals surface area contributed by atoms with Gasteiger partial charge in [-0.3, -0.25) is 4.79 Å². The van der Waals surface area contributed by atoms with Crippen LogP contribution in [0, 0.1) is 6.92 Å². The van der Waals surface area contributed by atoms with Crippen LogP contribution in [-0.2, 0) is 17.8 Å². The van der Waals surface area contributed by atoms with E-state index in [-0.39, 0.29) is 12.5 Å². The zero-order valence-corrected chi connectivity index (χ0v) is 17.5. The third-order valence-electron chi connectivity index (χ3n) is 4.68. The van der Waals surface area contributed by atoms with Gasteiger partial charge in [-0.05, 0) is 67.4 Å². The maximum absolute atomic E-state index is 12.1. The number of hydrogen-bond acceptors (Lipinski definition) is 4. The molecular weight excluding hydrogens is 376 g/mol. The zero-order chi connectivity index (χ0) is 21.2. The number of benzene rings is 3. The van der Waals surface area contributed by atoms with Crippen LogP contribution >= 0.6 is 0 Å². The van der Waals surface area contributed by atoms with E-state index in [0.717, 1.165) is 42.1 Å². The van der Waals surface area contributed by atoms with E-state index in [1.165, 1.54) is 5.56 Å². The Kier molecular flexibility index (Phi) is 7.86. The summed E-state index contributed by atoms with van der Waals surface area (Å²) in [6, 6.07) is 23.6. The van der Waals surface area contributed by atoms with E-state index in [9.17, 15) is 4.79 Å². The Bertz CT molecular complexity index is 937. The predicted molar refractivity (Wildman–Crippen MR) is 120 cm³/mol. The monoisotopic (exact) mass is 404 g/mol. The molecule has 0 spiro atoms. The van der Waals surface area contributed by atoms with E-state index in [1.807, 2.05) is 67.6 Å². The van der Waals surface area contributed by atoms with Crippen molar-refractivity contribution < 1.29 is 14.3 Å². The van der Waals surface area contributed by atoms with E-state index >= 15 is 0 Å². The molecular formula is C25H28N2O3. The minimum absolute atomic E-state index is 0.0256. The molecule has 3 aromatic carbocycles. The molecule has 0 unspecified atom stereocenters. The number of hydrogen-bond donors (Lipinski definition) is 2. The molecule has 0 fully saturated rings. The van der Waals surface area contributed by atoms with Crippen molar-refractivity contribution in [1.29, 1.82) is 0 Å². The molecule has 0 atom stereocenters. The number of amides is 1. The van der Waals surface area contributed by atoms with Crippen molar-refractivity contribution in [2.75, 3.05) is 25.6 Å². The lowest BCUT2D eigenvalue weighted by atomic mass is 10.1. The molecule has 0 aromatic heterocycles. The second kappa shape index (κ2) is 11.0. The second-order valence-corrected chi connectivity index (χ2v) is 7.13. The number of anilines is 1. The van der Waals surface area contributed by atoms with Crippen molar-refractivity contribution in [2.45, 2.75) is 19.9 Å². The molecule has 3 rings (SSSR count). The Morgan fingerprint density at radius 3 is 2.40 bits per heavy atom. The Morgan fingerprint density at radius 2 is 1.67 bits per heavy atom. The number of nitrogens with one attached hydrogen (secondary N) is 2. The van der Waals surface area contributed by atoms with Gasteiger partial charge in [0.2, 0.25) is 0 Å². The summed E-state index contributed by atoms with van der Waals surface area (Å²) in [6.45, 7) is 3.59. The normalized spacial score (nSPS) is 10.5. The summed E-state index contributed by atoms with van der Waals surface area (Å²) >= 11 is 0. The molecule has 0 bridgehead atoms. The van der Waals surface area contributed by atoms with Gasteiger partial charge in [0.15, 0.2) is 6.61 Å². The maximum Gasteiger partial charge on any atom is 0.262 e. The average Bonchev–Trinajstić information content (AvgIpc) is 2.78. The van der Waals surface area contributed by atoms with E-state index in [1.54, 1.807) is 7.11 Å². The molecule has 5 nitrogen and oxygen atoms in total. The molecule has 2 N–H and O–H groups in total. The van der Waals surface area contributed by atoms with Gasteiger partial charge in [0, 0.05) is 12.2 Å². The van der Waals surface area contributed by atoms with Gasteiger partial charge in [-0.25, -0.2) is 0 Å². The molecule has 0 heterocycles. The summed E-state index contributed by atoms with van der Waals surface area (Å²) in [5.41, 5.74) is 4.30. The molecule has 0 aliphatic heterocycles. The second-order valence-electron chi connectivity index (χ2n) is 7.13. The topological polar surface area (TPSA) is 59.6 Å². The molecule has 156 valence electrons. The van der Waals surface area contributed by atoms with E-state index < -0.39 is 0 Å². The largest absolute Gasteiger partial charge is 0.497 e. The zero-order valence-electron chi connectivity index (χ0n) is 17.5. The number of methoxy groups -OCH3 is 1. The van der Waals surface area contributed by atoms with Crippen molar-refractivity contribution >= 4 is 11.6 Å². The van der Waals surface area contributed by atoms with Crippen molar-refractivity contribution in [3.05, 3.63) is 89.5 Å². The van der Waals surface area contributed by atoms with Gasteiger partial charge in [-0.2, -0.15) is 0 Å². The quantitative estimate of drug-likeness (QED) is 0.493. The third-order valence-corrected chi connectivity index (χ3v) is 4.68. The summed E-state index contributed by atoms with van der Waals surface area (Å²) in [4.78, 5) is 12.1. The van der Waals surface area contributed by atoms with Crippen LogP contribution in [-0.4, -0.2) is 26.2 Å². The van der Waals surface area contributed by atoms with Gasteiger partial charge in [0.05, 0.1) is 7.11 Å². The lowest BCUT2D eigenvalue weighted by Crippen LogP contribution is -2.20. The van der Waals surface area contributed by atoms with Gasteiger partial charge in [-0.15, -0.1) is 0 Å². The van der Waals surface area contributed by atoms with Gasteiger partial charge in [0.25, 0.3) is 5.91 Å². The SMILES string of the molecule is COc1ccc(CCNCc2cccc(OCC(=O)Nc3ccc(C)cc3)c2)cc1. The number of aryl methyl sites for hydroxylation is 1. The molecule has 0 saturated carbocycles. The van der Waals surface area contributed by atoms with Crippen LogP contribution in [0.1, 0.15) is 16.7 Å². The smallest absolute Gasteiger partial charge is 0.262 e. The highest BCUT2D eigenvalue weighted by atomic mass is 16.5. The molecule has 0 saturated heterocycles.